The van der Waals surface area contributed by atoms with Crippen molar-refractivity contribution in [1.29, 1.82) is 0 Å². The number of likely N-dealkylation sites (tertiary alicyclic amines) is 1. The molecule has 1 aromatic rings. The molecule has 0 atom stereocenters. The molecule has 1 fully saturated rings. The van der Waals surface area contributed by atoms with Crippen LogP contribution in [0.25, 0.3) is 0 Å². The van der Waals surface area contributed by atoms with Crippen LogP contribution in [0, 0.1) is 0 Å². The highest BCUT2D eigenvalue weighted by molar-refractivity contribution is 5.87. The highest BCUT2D eigenvalue weighted by Crippen LogP contribution is 2.11. The molecule has 20 heavy (non-hydrogen) atoms. The van der Waals surface area contributed by atoms with Crippen molar-refractivity contribution in [2.24, 2.45) is 0 Å². The van der Waals surface area contributed by atoms with Crippen molar-refractivity contribution < 1.29 is 14.3 Å². The molecular formula is C14H21N3O3. The summed E-state index contributed by atoms with van der Waals surface area (Å²) >= 11 is 0. The Kier molecular flexibility index (Phi) is 4.79. The maximum absolute atomic E-state index is 11.3. The van der Waals surface area contributed by atoms with Crippen LogP contribution in [-0.2, 0) is 16.1 Å². The molecule has 2 N–H and O–H groups in total. The first-order valence-electron chi connectivity index (χ1n) is 6.85. The maximum Gasteiger partial charge on any atom is 0.354 e. The molecule has 6 nitrogen and oxygen atoms in total. The summed E-state index contributed by atoms with van der Waals surface area (Å²) < 4.78 is 4.65. The molecule has 0 spiro atoms. The highest BCUT2D eigenvalue weighted by Gasteiger charge is 2.20. The number of nitrogens with one attached hydrogen (secondary N) is 2. The van der Waals surface area contributed by atoms with Crippen molar-refractivity contribution in [1.82, 2.24) is 15.2 Å². The van der Waals surface area contributed by atoms with E-state index in [4.69, 9.17) is 0 Å². The first-order valence-corrected chi connectivity index (χ1v) is 6.85. The van der Waals surface area contributed by atoms with E-state index in [1.54, 1.807) is 13.0 Å². The number of nitrogens with zero attached hydrogens (tertiary/aromatic N) is 1. The topological polar surface area (TPSA) is 74.4 Å². The Morgan fingerprint density at radius 2 is 2.10 bits per heavy atom. The van der Waals surface area contributed by atoms with Gasteiger partial charge >= 0.3 is 5.97 Å². The van der Waals surface area contributed by atoms with Crippen LogP contribution in [-0.4, -0.2) is 48.0 Å². The average molecular weight is 279 g/mol. The fourth-order valence-corrected chi connectivity index (χ4v) is 2.43. The molecule has 1 amide bonds. The van der Waals surface area contributed by atoms with Crippen LogP contribution in [0.15, 0.2) is 12.1 Å². The number of amides is 1. The molecular weight excluding hydrogens is 258 g/mol. The van der Waals surface area contributed by atoms with Gasteiger partial charge < -0.3 is 19.9 Å². The van der Waals surface area contributed by atoms with Crippen LogP contribution >= 0.6 is 0 Å². The minimum atomic E-state index is -0.356. The summed E-state index contributed by atoms with van der Waals surface area (Å²) in [5, 5.41) is 3.45. The summed E-state index contributed by atoms with van der Waals surface area (Å²) in [6.45, 7) is 3.92. The number of aromatic amines is 1. The molecule has 2 heterocycles. The average Bonchev–Trinajstić information content (AvgIpc) is 2.93. The highest BCUT2D eigenvalue weighted by atomic mass is 16.5. The Morgan fingerprint density at radius 3 is 2.70 bits per heavy atom. The Bertz CT molecular complexity index is 476. The number of esters is 1. The molecule has 1 saturated heterocycles. The first-order chi connectivity index (χ1) is 9.60. The van der Waals surface area contributed by atoms with E-state index in [0.717, 1.165) is 31.6 Å². The quantitative estimate of drug-likeness (QED) is 0.803. The van der Waals surface area contributed by atoms with Crippen molar-refractivity contribution in [3.05, 3.63) is 23.5 Å². The van der Waals surface area contributed by atoms with E-state index in [2.05, 4.69) is 15.0 Å². The second-order valence-corrected chi connectivity index (χ2v) is 5.05. The van der Waals surface area contributed by atoms with E-state index in [9.17, 15) is 9.59 Å². The summed E-state index contributed by atoms with van der Waals surface area (Å²) in [5.41, 5.74) is 1.43. The molecule has 1 aliphatic rings. The van der Waals surface area contributed by atoms with Gasteiger partial charge in [0.15, 0.2) is 0 Å². The van der Waals surface area contributed by atoms with Crippen LogP contribution in [0.2, 0.25) is 0 Å². The van der Waals surface area contributed by atoms with Crippen molar-refractivity contribution in [3.63, 3.8) is 0 Å². The van der Waals surface area contributed by atoms with Crippen molar-refractivity contribution in [3.8, 4) is 0 Å². The van der Waals surface area contributed by atoms with Gasteiger partial charge in [-0.1, -0.05) is 0 Å². The summed E-state index contributed by atoms with van der Waals surface area (Å²) in [6.07, 6.45) is 1.92. The molecule has 0 radical (unpaired) electrons. The lowest BCUT2D eigenvalue weighted by molar-refractivity contribution is -0.129. The lowest BCUT2D eigenvalue weighted by Gasteiger charge is -2.31. The lowest BCUT2D eigenvalue weighted by Crippen LogP contribution is -2.43. The van der Waals surface area contributed by atoms with Gasteiger partial charge in [0.2, 0.25) is 5.91 Å². The van der Waals surface area contributed by atoms with Gasteiger partial charge in [-0.2, -0.15) is 0 Å². The zero-order valence-corrected chi connectivity index (χ0v) is 11.9. The third kappa shape index (κ3) is 3.60. The molecule has 1 aromatic heterocycles. The van der Waals surface area contributed by atoms with Crippen molar-refractivity contribution in [2.75, 3.05) is 20.2 Å². The standard InChI is InChI=1S/C14H21N3O3/c1-10(18)17-7-5-11(6-8-17)15-9-12-3-4-13(16-12)14(19)20-2/h3-4,11,15-16H,5-9H2,1-2H3. The number of carbonyl (C=O) groups excluding carboxylic acids is 2. The van der Waals surface area contributed by atoms with Crippen molar-refractivity contribution in [2.45, 2.75) is 32.4 Å². The monoisotopic (exact) mass is 279 g/mol. The number of aromatic nitrogens is 1. The van der Waals surface area contributed by atoms with E-state index < -0.39 is 0 Å². The Morgan fingerprint density at radius 1 is 1.40 bits per heavy atom. The van der Waals surface area contributed by atoms with Gasteiger partial charge in [-0.25, -0.2) is 4.79 Å². The summed E-state index contributed by atoms with van der Waals surface area (Å²) in [5.74, 6) is -0.207. The minimum absolute atomic E-state index is 0.149. The zero-order chi connectivity index (χ0) is 14.5. The third-order valence-electron chi connectivity index (χ3n) is 3.67. The van der Waals surface area contributed by atoms with E-state index >= 15 is 0 Å². The van der Waals surface area contributed by atoms with Gasteiger partial charge in [-0.3, -0.25) is 4.79 Å². The van der Waals surface area contributed by atoms with E-state index in [0.29, 0.717) is 18.3 Å². The Balaban J connectivity index is 1.77. The fraction of sp³-hybridized carbons (Fsp3) is 0.571. The van der Waals surface area contributed by atoms with Gasteiger partial charge in [-0.15, -0.1) is 0 Å². The fourth-order valence-electron chi connectivity index (χ4n) is 2.43. The number of rotatable bonds is 4. The SMILES string of the molecule is COC(=O)c1ccc(CNC2CCN(C(C)=O)CC2)[nH]1. The Hall–Kier alpha value is -1.82. The van der Waals surface area contributed by atoms with Crippen LogP contribution in [0.3, 0.4) is 0 Å². The molecule has 1 aliphatic heterocycles. The number of methoxy groups -OCH3 is 1. The number of hydrogen-bond acceptors (Lipinski definition) is 4. The Labute approximate surface area is 118 Å². The summed E-state index contributed by atoms with van der Waals surface area (Å²) in [6, 6.07) is 4.01. The zero-order valence-electron chi connectivity index (χ0n) is 11.9. The second-order valence-electron chi connectivity index (χ2n) is 5.05. The van der Waals surface area contributed by atoms with Gasteiger partial charge in [0.1, 0.15) is 5.69 Å². The summed E-state index contributed by atoms with van der Waals surface area (Å²) in [4.78, 5) is 27.5. The first kappa shape index (κ1) is 14.6. The molecule has 2 rings (SSSR count). The second kappa shape index (κ2) is 6.56. The summed E-state index contributed by atoms with van der Waals surface area (Å²) in [7, 11) is 1.36. The van der Waals surface area contributed by atoms with Crippen LogP contribution in [0.5, 0.6) is 0 Å². The number of piperidine rings is 1. The maximum atomic E-state index is 11.3. The molecule has 0 saturated carbocycles. The van der Waals surface area contributed by atoms with E-state index in [-0.39, 0.29) is 11.9 Å². The van der Waals surface area contributed by atoms with Gasteiger partial charge in [0.25, 0.3) is 0 Å². The third-order valence-corrected chi connectivity index (χ3v) is 3.67. The normalized spacial score (nSPS) is 16.2. The number of hydrogen-bond donors (Lipinski definition) is 2. The van der Waals surface area contributed by atoms with Crippen LogP contribution < -0.4 is 5.32 Å². The molecule has 0 aliphatic carbocycles. The van der Waals surface area contributed by atoms with Gasteiger partial charge in [0.05, 0.1) is 7.11 Å². The minimum Gasteiger partial charge on any atom is -0.464 e. The molecule has 0 aromatic carbocycles. The van der Waals surface area contributed by atoms with Gasteiger partial charge in [0, 0.05) is 38.3 Å². The number of ether oxygens (including phenoxy) is 1. The predicted molar refractivity (Wildman–Crippen MR) is 74.2 cm³/mol. The van der Waals surface area contributed by atoms with Gasteiger partial charge in [-0.05, 0) is 25.0 Å². The van der Waals surface area contributed by atoms with Crippen LogP contribution in [0.4, 0.5) is 0 Å². The van der Waals surface area contributed by atoms with E-state index in [1.165, 1.54) is 7.11 Å². The number of carbonyl (C=O) groups is 2. The molecule has 110 valence electrons. The smallest absolute Gasteiger partial charge is 0.354 e. The van der Waals surface area contributed by atoms with E-state index in [1.807, 2.05) is 11.0 Å². The van der Waals surface area contributed by atoms with Crippen molar-refractivity contribution >= 4 is 11.9 Å². The lowest BCUT2D eigenvalue weighted by atomic mass is 10.1. The predicted octanol–water partition coefficient (Wildman–Crippen LogP) is 0.902. The largest absolute Gasteiger partial charge is 0.464 e. The molecule has 0 bridgehead atoms. The number of H-pyrrole nitrogens is 1. The van der Waals surface area contributed by atoms with Crippen LogP contribution in [0.1, 0.15) is 35.9 Å². The molecule has 6 heteroatoms. The molecule has 0 unspecified atom stereocenters.